The minimum Gasteiger partial charge on any atom is -0.481 e. The highest BCUT2D eigenvalue weighted by molar-refractivity contribution is 6.43. The number of carbonyl (C=O) groups excluding carboxylic acids is 1. The van der Waals surface area contributed by atoms with Crippen LogP contribution in [0.2, 0.25) is 10.0 Å². The lowest BCUT2D eigenvalue weighted by molar-refractivity contribution is -0.144. The number of ether oxygens (including phenoxy) is 1. The molecule has 10 nitrogen and oxygen atoms in total. The molecule has 0 aromatic heterocycles. The predicted molar refractivity (Wildman–Crippen MR) is 132 cm³/mol. The van der Waals surface area contributed by atoms with Gasteiger partial charge in [-0.05, 0) is 11.6 Å². The summed E-state index contributed by atoms with van der Waals surface area (Å²) >= 11 is 12.0. The molecule has 35 heavy (non-hydrogen) atoms. The predicted octanol–water partition coefficient (Wildman–Crippen LogP) is 3.84. The summed E-state index contributed by atoms with van der Waals surface area (Å²) in [5.74, 6) is -2.96. The van der Waals surface area contributed by atoms with E-state index in [4.69, 9.17) is 63.1 Å². The van der Waals surface area contributed by atoms with Crippen molar-refractivity contribution in [2.45, 2.75) is 33.8 Å². The first kappa shape index (κ1) is 36.4. The minimum absolute atomic E-state index is 0.133. The number of hydrogen-bond donors (Lipinski definition) is 5. The number of benzene rings is 2. The van der Waals surface area contributed by atoms with Crippen LogP contribution in [0.5, 0.6) is 0 Å². The molecule has 0 saturated heterocycles. The van der Waals surface area contributed by atoms with Gasteiger partial charge in [-0.1, -0.05) is 65.7 Å². The average Bonchev–Trinajstić information content (AvgIpc) is 2.74. The first-order valence-electron chi connectivity index (χ1n) is 9.65. The Kier molecular flexibility index (Phi) is 23.5. The molecule has 0 bridgehead atoms. The smallest absolute Gasteiger partial charge is 0.302 e. The first-order valence-corrected chi connectivity index (χ1v) is 10.4. The molecular weight excluding hydrogens is 507 g/mol. The molecule has 0 spiro atoms. The molecule has 0 aliphatic rings. The normalized spacial score (nSPS) is 9.49. The maximum Gasteiger partial charge on any atom is 0.302 e. The van der Waals surface area contributed by atoms with Gasteiger partial charge in [0.2, 0.25) is 0 Å². The van der Waals surface area contributed by atoms with Crippen molar-refractivity contribution in [2.24, 2.45) is 0 Å². The van der Waals surface area contributed by atoms with Gasteiger partial charge < -0.3 is 30.3 Å². The number of carboxylic acid groups (broad SMARTS) is 3. The molecule has 0 aliphatic carbocycles. The molecule has 0 radical (unpaired) electrons. The molecule has 0 saturated carbocycles. The Balaban J connectivity index is -0.000000420. The van der Waals surface area contributed by atoms with Gasteiger partial charge in [0.1, 0.15) is 12.7 Å². The second-order valence-corrected chi connectivity index (χ2v) is 6.95. The lowest BCUT2D eigenvalue weighted by Gasteiger charge is -2.05. The van der Waals surface area contributed by atoms with E-state index in [1.54, 1.807) is 6.07 Å². The van der Waals surface area contributed by atoms with E-state index in [0.717, 1.165) is 31.9 Å². The third kappa shape index (κ3) is 28.8. The highest BCUT2D eigenvalue weighted by Crippen LogP contribution is 2.32. The highest BCUT2D eigenvalue weighted by atomic mass is 35.5. The van der Waals surface area contributed by atoms with Gasteiger partial charge in [0.25, 0.3) is 17.9 Å². The zero-order valence-corrected chi connectivity index (χ0v) is 21.2. The van der Waals surface area contributed by atoms with Gasteiger partial charge in [-0.3, -0.25) is 19.2 Å². The molecule has 1 unspecified atom stereocenters. The summed E-state index contributed by atoms with van der Waals surface area (Å²) in [6, 6.07) is 15.6. The SMILES string of the molecule is CC(=O)O.CC(=O)O.CC(=O)O.CC(=O)OCC(O)CO.Clc1cccc(-c2ccccc2)c1Cl. The molecule has 2 rings (SSSR count). The van der Waals surface area contributed by atoms with E-state index in [9.17, 15) is 4.79 Å². The standard InChI is InChI=1S/C12H8Cl2.C5H10O4.3C2H4O2/c13-11-8-4-7-10(12(11)14)9-5-2-1-3-6-9;1-4(7)9-3-5(8)2-6;3*1-2(3)4/h1-8H;5-6,8H,2-3H2,1H3;3*1H3,(H,3,4). The minimum atomic E-state index is -0.950. The van der Waals surface area contributed by atoms with E-state index >= 15 is 0 Å². The number of aliphatic hydroxyl groups is 2. The van der Waals surface area contributed by atoms with Crippen LogP contribution in [0.15, 0.2) is 48.5 Å². The fourth-order valence-electron chi connectivity index (χ4n) is 1.61. The fourth-order valence-corrected chi connectivity index (χ4v) is 2.02. The summed E-state index contributed by atoms with van der Waals surface area (Å²) in [6.07, 6.45) is -0.950. The van der Waals surface area contributed by atoms with E-state index in [-0.39, 0.29) is 13.2 Å². The highest BCUT2D eigenvalue weighted by Gasteiger charge is 2.05. The summed E-state index contributed by atoms with van der Waals surface area (Å²) in [7, 11) is 0. The molecule has 12 heteroatoms. The molecule has 2 aromatic carbocycles. The summed E-state index contributed by atoms with van der Waals surface area (Å²) in [6.45, 7) is 3.98. The third-order valence-corrected chi connectivity index (χ3v) is 3.55. The van der Waals surface area contributed by atoms with Gasteiger partial charge in [0.05, 0.1) is 16.7 Å². The van der Waals surface area contributed by atoms with Gasteiger partial charge in [-0.25, -0.2) is 0 Å². The van der Waals surface area contributed by atoms with Crippen LogP contribution in [0.4, 0.5) is 0 Å². The van der Waals surface area contributed by atoms with Crippen molar-refractivity contribution in [3.8, 4) is 11.1 Å². The maximum atomic E-state index is 10.0. The van der Waals surface area contributed by atoms with Crippen molar-refractivity contribution in [2.75, 3.05) is 13.2 Å². The van der Waals surface area contributed by atoms with Crippen LogP contribution in [-0.4, -0.2) is 68.7 Å². The number of aliphatic carboxylic acids is 3. The fraction of sp³-hybridized carbons (Fsp3) is 0.304. The third-order valence-electron chi connectivity index (χ3n) is 2.73. The number of halogens is 2. The Labute approximate surface area is 213 Å². The number of esters is 1. The second-order valence-electron chi connectivity index (χ2n) is 6.16. The summed E-state index contributed by atoms with van der Waals surface area (Å²) in [4.78, 5) is 37.0. The zero-order chi connectivity index (χ0) is 28.0. The monoisotopic (exact) mass is 536 g/mol. The topological polar surface area (TPSA) is 179 Å². The lowest BCUT2D eigenvalue weighted by Crippen LogP contribution is -2.20. The Bertz CT molecular complexity index is 849. The van der Waals surface area contributed by atoms with Crippen LogP contribution in [0.3, 0.4) is 0 Å². The Morgan fingerprint density at radius 1 is 0.800 bits per heavy atom. The summed E-state index contributed by atoms with van der Waals surface area (Å²) in [5.41, 5.74) is 2.06. The van der Waals surface area contributed by atoms with Crippen LogP contribution in [0, 0.1) is 0 Å². The summed E-state index contributed by atoms with van der Waals surface area (Å²) in [5, 5.41) is 40.2. The molecule has 0 aliphatic heterocycles. The Hall–Kier alpha value is -3.18. The number of carboxylic acids is 3. The molecule has 1 atom stereocenters. The Morgan fingerprint density at radius 2 is 1.23 bits per heavy atom. The van der Waals surface area contributed by atoms with Crippen LogP contribution in [-0.2, 0) is 23.9 Å². The van der Waals surface area contributed by atoms with Gasteiger partial charge in [-0.2, -0.15) is 0 Å². The number of rotatable bonds is 4. The molecule has 5 N–H and O–H groups in total. The van der Waals surface area contributed by atoms with E-state index in [1.807, 2.05) is 42.5 Å². The molecular formula is C23H30Cl2O10. The van der Waals surface area contributed by atoms with Crippen molar-refractivity contribution < 1.29 is 49.4 Å². The van der Waals surface area contributed by atoms with Crippen LogP contribution >= 0.6 is 23.2 Å². The summed E-state index contributed by atoms with van der Waals surface area (Å²) < 4.78 is 4.35. The van der Waals surface area contributed by atoms with E-state index in [0.29, 0.717) is 10.0 Å². The van der Waals surface area contributed by atoms with Crippen LogP contribution in [0.1, 0.15) is 27.7 Å². The number of carbonyl (C=O) groups is 4. The molecule has 2 aromatic rings. The second kappa shape index (κ2) is 22.6. The van der Waals surface area contributed by atoms with Crippen molar-refractivity contribution in [3.05, 3.63) is 58.6 Å². The number of aliphatic hydroxyl groups excluding tert-OH is 2. The van der Waals surface area contributed by atoms with E-state index in [2.05, 4.69) is 4.74 Å². The first-order chi connectivity index (χ1) is 16.1. The largest absolute Gasteiger partial charge is 0.481 e. The van der Waals surface area contributed by atoms with Crippen LogP contribution < -0.4 is 0 Å². The van der Waals surface area contributed by atoms with Gasteiger partial charge in [0, 0.05) is 33.3 Å². The molecule has 196 valence electrons. The lowest BCUT2D eigenvalue weighted by atomic mass is 10.1. The average molecular weight is 537 g/mol. The zero-order valence-electron chi connectivity index (χ0n) is 19.6. The van der Waals surface area contributed by atoms with Crippen LogP contribution in [0.25, 0.3) is 11.1 Å². The molecule has 0 heterocycles. The van der Waals surface area contributed by atoms with E-state index in [1.165, 1.54) is 6.92 Å². The maximum absolute atomic E-state index is 10.0. The Morgan fingerprint density at radius 3 is 1.60 bits per heavy atom. The number of hydrogen-bond acceptors (Lipinski definition) is 7. The van der Waals surface area contributed by atoms with Gasteiger partial charge in [-0.15, -0.1) is 0 Å². The molecule has 0 amide bonds. The van der Waals surface area contributed by atoms with Crippen molar-refractivity contribution in [3.63, 3.8) is 0 Å². The molecule has 0 fully saturated rings. The van der Waals surface area contributed by atoms with Crippen molar-refractivity contribution >= 4 is 47.1 Å². The van der Waals surface area contributed by atoms with Crippen molar-refractivity contribution in [1.29, 1.82) is 0 Å². The van der Waals surface area contributed by atoms with E-state index < -0.39 is 30.0 Å². The van der Waals surface area contributed by atoms with Crippen molar-refractivity contribution in [1.82, 2.24) is 0 Å². The van der Waals surface area contributed by atoms with Gasteiger partial charge in [0.15, 0.2) is 0 Å². The van der Waals surface area contributed by atoms with Gasteiger partial charge >= 0.3 is 5.97 Å². The quantitative estimate of drug-likeness (QED) is 0.360.